The van der Waals surface area contributed by atoms with Crippen LogP contribution in [0, 0.1) is 11.8 Å². The molecule has 0 radical (unpaired) electrons. The van der Waals surface area contributed by atoms with Gasteiger partial charge in [0.1, 0.15) is 5.75 Å². The van der Waals surface area contributed by atoms with Gasteiger partial charge in [-0.3, -0.25) is 4.79 Å². The van der Waals surface area contributed by atoms with Crippen LogP contribution < -0.4 is 10.1 Å². The largest absolute Gasteiger partial charge is 0.496 e. The lowest BCUT2D eigenvalue weighted by Gasteiger charge is -2.19. The molecule has 1 atom stereocenters. The number of hydrogen-bond donors (Lipinski definition) is 2. The summed E-state index contributed by atoms with van der Waals surface area (Å²) in [6.07, 6.45) is 1.71. The van der Waals surface area contributed by atoms with Crippen molar-refractivity contribution in [1.82, 2.24) is 5.32 Å². The summed E-state index contributed by atoms with van der Waals surface area (Å²) in [5, 5.41) is 12.0. The van der Waals surface area contributed by atoms with Gasteiger partial charge in [-0.25, -0.2) is 0 Å². The van der Waals surface area contributed by atoms with Crippen molar-refractivity contribution in [2.45, 2.75) is 26.7 Å². The van der Waals surface area contributed by atoms with Gasteiger partial charge in [-0.1, -0.05) is 26.0 Å². The first-order valence-corrected chi connectivity index (χ1v) is 7.10. The van der Waals surface area contributed by atoms with Crippen molar-refractivity contribution >= 4 is 5.91 Å². The normalized spacial score (nSPS) is 12.2. The van der Waals surface area contributed by atoms with Gasteiger partial charge >= 0.3 is 0 Å². The van der Waals surface area contributed by atoms with E-state index in [1.54, 1.807) is 19.2 Å². The summed E-state index contributed by atoms with van der Waals surface area (Å²) < 4.78 is 5.18. The van der Waals surface area contributed by atoms with Crippen molar-refractivity contribution in [2.75, 3.05) is 20.3 Å². The molecule has 1 unspecified atom stereocenters. The van der Waals surface area contributed by atoms with E-state index < -0.39 is 0 Å². The number of nitrogens with one attached hydrogen (secondary N) is 1. The van der Waals surface area contributed by atoms with Gasteiger partial charge in [-0.2, -0.15) is 0 Å². The van der Waals surface area contributed by atoms with E-state index in [0.717, 1.165) is 6.42 Å². The second kappa shape index (κ2) is 8.59. The van der Waals surface area contributed by atoms with E-state index in [0.29, 0.717) is 36.1 Å². The van der Waals surface area contributed by atoms with E-state index >= 15 is 0 Å². The SMILES string of the molecule is COc1ccccc1C(=O)NCC(CCO)CC(C)C. The fourth-order valence-corrected chi connectivity index (χ4v) is 2.32. The lowest BCUT2D eigenvalue weighted by atomic mass is 9.94. The molecule has 0 saturated heterocycles. The summed E-state index contributed by atoms with van der Waals surface area (Å²) in [6.45, 7) is 5.02. The molecular weight excluding hydrogens is 254 g/mol. The Hall–Kier alpha value is -1.55. The van der Waals surface area contributed by atoms with Crippen LogP contribution in [0.25, 0.3) is 0 Å². The zero-order valence-corrected chi connectivity index (χ0v) is 12.6. The third-order valence-electron chi connectivity index (χ3n) is 3.24. The van der Waals surface area contributed by atoms with Crippen LogP contribution in [0.1, 0.15) is 37.0 Å². The molecule has 0 fully saturated rings. The van der Waals surface area contributed by atoms with Crippen molar-refractivity contribution in [3.05, 3.63) is 29.8 Å². The van der Waals surface area contributed by atoms with E-state index in [-0.39, 0.29) is 12.5 Å². The molecule has 112 valence electrons. The van der Waals surface area contributed by atoms with Crippen LogP contribution in [0.3, 0.4) is 0 Å². The van der Waals surface area contributed by atoms with Crippen LogP contribution in [0.2, 0.25) is 0 Å². The van der Waals surface area contributed by atoms with Crippen molar-refractivity contribution in [3.63, 3.8) is 0 Å². The number of benzene rings is 1. The molecule has 0 aliphatic heterocycles. The van der Waals surface area contributed by atoms with Gasteiger partial charge in [-0.15, -0.1) is 0 Å². The van der Waals surface area contributed by atoms with Gasteiger partial charge in [0.05, 0.1) is 12.7 Å². The fraction of sp³-hybridized carbons (Fsp3) is 0.562. The first-order chi connectivity index (χ1) is 9.58. The molecule has 20 heavy (non-hydrogen) atoms. The number of rotatable bonds is 8. The Balaban J connectivity index is 2.60. The van der Waals surface area contributed by atoms with Crippen LogP contribution in [-0.4, -0.2) is 31.3 Å². The van der Waals surface area contributed by atoms with Crippen LogP contribution in [0.4, 0.5) is 0 Å². The maximum Gasteiger partial charge on any atom is 0.255 e. The fourth-order valence-electron chi connectivity index (χ4n) is 2.32. The molecule has 1 aromatic carbocycles. The highest BCUT2D eigenvalue weighted by Crippen LogP contribution is 2.18. The van der Waals surface area contributed by atoms with E-state index in [4.69, 9.17) is 9.84 Å². The number of para-hydroxylation sites is 1. The maximum absolute atomic E-state index is 12.2. The molecule has 2 N–H and O–H groups in total. The summed E-state index contributed by atoms with van der Waals surface area (Å²) in [5.41, 5.74) is 0.544. The number of amides is 1. The molecule has 4 heteroatoms. The smallest absolute Gasteiger partial charge is 0.255 e. The molecule has 0 saturated carbocycles. The van der Waals surface area contributed by atoms with Gasteiger partial charge < -0.3 is 15.2 Å². The molecule has 0 aromatic heterocycles. The highest BCUT2D eigenvalue weighted by atomic mass is 16.5. The van der Waals surface area contributed by atoms with Gasteiger partial charge in [0.15, 0.2) is 0 Å². The maximum atomic E-state index is 12.2. The Kier molecular flexibility index (Phi) is 7.09. The molecule has 4 nitrogen and oxygen atoms in total. The lowest BCUT2D eigenvalue weighted by molar-refractivity contribution is 0.0938. The highest BCUT2D eigenvalue weighted by Gasteiger charge is 2.15. The number of aliphatic hydroxyl groups excluding tert-OH is 1. The molecule has 0 spiro atoms. The first kappa shape index (κ1) is 16.5. The minimum atomic E-state index is -0.130. The predicted molar refractivity (Wildman–Crippen MR) is 80.0 cm³/mol. The molecular formula is C16H25NO3. The number of aliphatic hydroxyl groups is 1. The van der Waals surface area contributed by atoms with E-state index in [1.165, 1.54) is 0 Å². The summed E-state index contributed by atoms with van der Waals surface area (Å²) in [7, 11) is 1.56. The predicted octanol–water partition coefficient (Wildman–Crippen LogP) is 2.47. The summed E-state index contributed by atoms with van der Waals surface area (Å²) in [4.78, 5) is 12.2. The van der Waals surface area contributed by atoms with Gasteiger partial charge in [0.2, 0.25) is 0 Å². The molecule has 0 bridgehead atoms. The lowest BCUT2D eigenvalue weighted by Crippen LogP contribution is -2.30. The van der Waals surface area contributed by atoms with Crippen LogP contribution in [0.5, 0.6) is 5.75 Å². The number of hydrogen-bond acceptors (Lipinski definition) is 3. The Morgan fingerprint density at radius 1 is 1.35 bits per heavy atom. The van der Waals surface area contributed by atoms with E-state index in [1.807, 2.05) is 12.1 Å². The first-order valence-electron chi connectivity index (χ1n) is 7.10. The van der Waals surface area contributed by atoms with Gasteiger partial charge in [0.25, 0.3) is 5.91 Å². The Morgan fingerprint density at radius 3 is 2.65 bits per heavy atom. The molecule has 0 aliphatic rings. The van der Waals surface area contributed by atoms with Crippen LogP contribution >= 0.6 is 0 Å². The molecule has 0 heterocycles. The summed E-state index contributed by atoms with van der Waals surface area (Å²) in [6, 6.07) is 7.17. The number of carbonyl (C=O) groups is 1. The van der Waals surface area contributed by atoms with E-state index in [9.17, 15) is 4.79 Å². The molecule has 0 aliphatic carbocycles. The standard InChI is InChI=1S/C16H25NO3/c1-12(2)10-13(8-9-18)11-17-16(19)14-6-4-5-7-15(14)20-3/h4-7,12-13,18H,8-11H2,1-3H3,(H,17,19). The number of carbonyl (C=O) groups excluding carboxylic acids is 1. The number of ether oxygens (including phenoxy) is 1. The second-order valence-electron chi connectivity index (χ2n) is 5.42. The number of methoxy groups -OCH3 is 1. The highest BCUT2D eigenvalue weighted by molar-refractivity contribution is 5.96. The average molecular weight is 279 g/mol. The monoisotopic (exact) mass is 279 g/mol. The Labute approximate surface area is 121 Å². The minimum Gasteiger partial charge on any atom is -0.496 e. The van der Waals surface area contributed by atoms with Gasteiger partial charge in [0, 0.05) is 13.2 Å². The second-order valence-corrected chi connectivity index (χ2v) is 5.42. The van der Waals surface area contributed by atoms with Crippen molar-refractivity contribution < 1.29 is 14.6 Å². The zero-order valence-electron chi connectivity index (χ0n) is 12.6. The van der Waals surface area contributed by atoms with E-state index in [2.05, 4.69) is 19.2 Å². The Bertz CT molecular complexity index is 418. The molecule has 1 aromatic rings. The summed E-state index contributed by atoms with van der Waals surface area (Å²) in [5.74, 6) is 1.30. The Morgan fingerprint density at radius 2 is 2.05 bits per heavy atom. The van der Waals surface area contributed by atoms with Crippen LogP contribution in [-0.2, 0) is 0 Å². The minimum absolute atomic E-state index is 0.130. The third-order valence-corrected chi connectivity index (χ3v) is 3.24. The van der Waals surface area contributed by atoms with Crippen molar-refractivity contribution in [2.24, 2.45) is 11.8 Å². The molecule has 1 amide bonds. The summed E-state index contributed by atoms with van der Waals surface area (Å²) >= 11 is 0. The van der Waals surface area contributed by atoms with Gasteiger partial charge in [-0.05, 0) is 36.8 Å². The van der Waals surface area contributed by atoms with Crippen molar-refractivity contribution in [1.29, 1.82) is 0 Å². The van der Waals surface area contributed by atoms with Crippen LogP contribution in [0.15, 0.2) is 24.3 Å². The topological polar surface area (TPSA) is 58.6 Å². The third kappa shape index (κ3) is 5.21. The molecule has 1 rings (SSSR count). The van der Waals surface area contributed by atoms with Crippen molar-refractivity contribution in [3.8, 4) is 5.75 Å². The zero-order chi connectivity index (χ0) is 15.0. The quantitative estimate of drug-likeness (QED) is 0.768. The average Bonchev–Trinajstić information content (AvgIpc) is 2.44.